The Morgan fingerprint density at radius 1 is 1.19 bits per heavy atom. The number of aliphatic hydroxyl groups excluding tert-OH is 1. The molecule has 21 heavy (non-hydrogen) atoms. The van der Waals surface area contributed by atoms with Crippen LogP contribution in [0.15, 0.2) is 34.7 Å². The van der Waals surface area contributed by atoms with Crippen molar-refractivity contribution in [1.29, 1.82) is 0 Å². The molecule has 5 nitrogen and oxygen atoms in total. The van der Waals surface area contributed by atoms with E-state index < -0.39 is 5.97 Å². The first kappa shape index (κ1) is 15.1. The Bertz CT molecular complexity index is 598. The van der Waals surface area contributed by atoms with Crippen LogP contribution < -0.4 is 4.74 Å². The number of ether oxygens (including phenoxy) is 2. The molecule has 0 radical (unpaired) electrons. The standard InChI is InChI=1S/C16H18O5/c1-19-13-6-3-11(4-7-13)5-8-14-9-12(10-17)15(21-14)16(18)20-2/h3-4,6-7,9,17H,5,8,10H2,1-2H3. The Morgan fingerprint density at radius 3 is 2.48 bits per heavy atom. The molecule has 2 aromatic rings. The summed E-state index contributed by atoms with van der Waals surface area (Å²) < 4.78 is 15.2. The van der Waals surface area contributed by atoms with Crippen LogP contribution in [0.25, 0.3) is 0 Å². The maximum Gasteiger partial charge on any atom is 0.374 e. The monoisotopic (exact) mass is 290 g/mol. The number of rotatable bonds is 6. The van der Waals surface area contributed by atoms with Crippen LogP contribution in [0.2, 0.25) is 0 Å². The molecular formula is C16H18O5. The average Bonchev–Trinajstić information content (AvgIpc) is 2.96. The number of hydrogen-bond donors (Lipinski definition) is 1. The fraction of sp³-hybridized carbons (Fsp3) is 0.312. The van der Waals surface area contributed by atoms with Crippen LogP contribution in [0.4, 0.5) is 0 Å². The molecule has 1 aromatic heterocycles. The zero-order valence-electron chi connectivity index (χ0n) is 12.1. The number of furan rings is 1. The molecule has 0 bridgehead atoms. The van der Waals surface area contributed by atoms with Gasteiger partial charge in [-0.1, -0.05) is 12.1 Å². The predicted molar refractivity (Wildman–Crippen MR) is 76.4 cm³/mol. The van der Waals surface area contributed by atoms with Gasteiger partial charge in [0.2, 0.25) is 5.76 Å². The minimum Gasteiger partial charge on any atom is -0.497 e. The molecule has 1 N–H and O–H groups in total. The van der Waals surface area contributed by atoms with Crippen molar-refractivity contribution in [2.75, 3.05) is 14.2 Å². The van der Waals surface area contributed by atoms with Gasteiger partial charge in [-0.25, -0.2) is 4.79 Å². The van der Waals surface area contributed by atoms with Gasteiger partial charge in [-0.05, 0) is 30.2 Å². The summed E-state index contributed by atoms with van der Waals surface area (Å²) in [7, 11) is 2.91. The average molecular weight is 290 g/mol. The highest BCUT2D eigenvalue weighted by atomic mass is 16.5. The quantitative estimate of drug-likeness (QED) is 0.827. The van der Waals surface area contributed by atoms with Gasteiger partial charge in [-0.3, -0.25) is 0 Å². The van der Waals surface area contributed by atoms with Gasteiger partial charge in [0.15, 0.2) is 0 Å². The van der Waals surface area contributed by atoms with E-state index in [1.54, 1.807) is 13.2 Å². The second-order valence-corrected chi connectivity index (χ2v) is 4.56. The lowest BCUT2D eigenvalue weighted by Crippen LogP contribution is -2.02. The molecule has 0 aliphatic heterocycles. The summed E-state index contributed by atoms with van der Waals surface area (Å²) in [6.07, 6.45) is 1.40. The number of aliphatic hydroxyl groups is 1. The number of esters is 1. The number of carbonyl (C=O) groups is 1. The van der Waals surface area contributed by atoms with Crippen molar-refractivity contribution in [2.24, 2.45) is 0 Å². The first-order chi connectivity index (χ1) is 10.2. The zero-order valence-corrected chi connectivity index (χ0v) is 12.1. The van der Waals surface area contributed by atoms with Crippen molar-refractivity contribution >= 4 is 5.97 Å². The van der Waals surface area contributed by atoms with E-state index in [-0.39, 0.29) is 12.4 Å². The smallest absolute Gasteiger partial charge is 0.374 e. The number of carbonyl (C=O) groups excluding carboxylic acids is 1. The Hall–Kier alpha value is -2.27. The molecule has 112 valence electrons. The second-order valence-electron chi connectivity index (χ2n) is 4.56. The fourth-order valence-electron chi connectivity index (χ4n) is 2.05. The van der Waals surface area contributed by atoms with Crippen molar-refractivity contribution < 1.29 is 23.8 Å². The van der Waals surface area contributed by atoms with Crippen molar-refractivity contribution in [3.8, 4) is 5.75 Å². The van der Waals surface area contributed by atoms with Crippen LogP contribution in [-0.2, 0) is 24.2 Å². The highest BCUT2D eigenvalue weighted by molar-refractivity contribution is 5.87. The van der Waals surface area contributed by atoms with Crippen molar-refractivity contribution in [3.05, 3.63) is 53.0 Å². The van der Waals surface area contributed by atoms with Crippen LogP contribution in [0.3, 0.4) is 0 Å². The maximum atomic E-state index is 11.5. The van der Waals surface area contributed by atoms with Gasteiger partial charge in [-0.2, -0.15) is 0 Å². The highest BCUT2D eigenvalue weighted by Gasteiger charge is 2.18. The molecule has 0 fully saturated rings. The minimum atomic E-state index is -0.574. The molecule has 0 atom stereocenters. The lowest BCUT2D eigenvalue weighted by atomic mass is 10.1. The van der Waals surface area contributed by atoms with E-state index in [1.807, 2.05) is 24.3 Å². The van der Waals surface area contributed by atoms with E-state index in [4.69, 9.17) is 9.15 Å². The van der Waals surface area contributed by atoms with Crippen LogP contribution in [0.1, 0.15) is 27.4 Å². The third-order valence-electron chi connectivity index (χ3n) is 3.22. The Labute approximate surface area is 123 Å². The first-order valence-corrected chi connectivity index (χ1v) is 6.61. The molecule has 1 heterocycles. The molecule has 0 spiro atoms. The number of methoxy groups -OCH3 is 2. The third-order valence-corrected chi connectivity index (χ3v) is 3.22. The maximum absolute atomic E-state index is 11.5. The summed E-state index contributed by atoms with van der Waals surface area (Å²) in [4.78, 5) is 11.5. The highest BCUT2D eigenvalue weighted by Crippen LogP contribution is 2.19. The van der Waals surface area contributed by atoms with E-state index in [9.17, 15) is 9.90 Å². The van der Waals surface area contributed by atoms with E-state index in [1.165, 1.54) is 7.11 Å². The zero-order chi connectivity index (χ0) is 15.2. The van der Waals surface area contributed by atoms with Gasteiger partial charge < -0.3 is 19.0 Å². The van der Waals surface area contributed by atoms with E-state index in [2.05, 4.69) is 4.74 Å². The van der Waals surface area contributed by atoms with Gasteiger partial charge in [0, 0.05) is 12.0 Å². The lowest BCUT2D eigenvalue weighted by Gasteiger charge is -2.02. The molecule has 0 saturated carbocycles. The number of benzene rings is 1. The number of hydrogen-bond acceptors (Lipinski definition) is 5. The molecule has 0 saturated heterocycles. The van der Waals surface area contributed by atoms with E-state index >= 15 is 0 Å². The number of aryl methyl sites for hydroxylation is 2. The molecule has 0 unspecified atom stereocenters. The van der Waals surface area contributed by atoms with Crippen LogP contribution in [0.5, 0.6) is 5.75 Å². The van der Waals surface area contributed by atoms with Gasteiger partial charge in [0.05, 0.1) is 20.8 Å². The van der Waals surface area contributed by atoms with Crippen LogP contribution in [0, 0.1) is 0 Å². The first-order valence-electron chi connectivity index (χ1n) is 6.61. The van der Waals surface area contributed by atoms with Gasteiger partial charge >= 0.3 is 5.97 Å². The van der Waals surface area contributed by atoms with Crippen molar-refractivity contribution in [2.45, 2.75) is 19.4 Å². The molecular weight excluding hydrogens is 272 g/mol. The molecule has 0 aliphatic carbocycles. The SMILES string of the molecule is COC(=O)c1oc(CCc2ccc(OC)cc2)cc1CO. The van der Waals surface area contributed by atoms with Gasteiger partial charge in [0.25, 0.3) is 0 Å². The fourth-order valence-corrected chi connectivity index (χ4v) is 2.05. The Balaban J connectivity index is 2.05. The second kappa shape index (κ2) is 6.95. The van der Waals surface area contributed by atoms with Gasteiger partial charge in [0.1, 0.15) is 11.5 Å². The van der Waals surface area contributed by atoms with E-state index in [0.29, 0.717) is 17.7 Å². The van der Waals surface area contributed by atoms with E-state index in [0.717, 1.165) is 17.7 Å². The Kier molecular flexibility index (Phi) is 5.00. The van der Waals surface area contributed by atoms with Crippen molar-refractivity contribution in [1.82, 2.24) is 0 Å². The summed E-state index contributed by atoms with van der Waals surface area (Å²) in [6, 6.07) is 9.45. The summed E-state index contributed by atoms with van der Waals surface area (Å²) in [6.45, 7) is -0.254. The molecule has 0 aliphatic rings. The van der Waals surface area contributed by atoms with Crippen molar-refractivity contribution in [3.63, 3.8) is 0 Å². The predicted octanol–water partition coefficient (Wildman–Crippen LogP) is 2.35. The lowest BCUT2D eigenvalue weighted by molar-refractivity contribution is 0.0558. The summed E-state index contributed by atoms with van der Waals surface area (Å²) in [5, 5.41) is 9.24. The summed E-state index contributed by atoms with van der Waals surface area (Å²) in [5.41, 5.74) is 1.59. The Morgan fingerprint density at radius 2 is 1.90 bits per heavy atom. The summed E-state index contributed by atoms with van der Waals surface area (Å²) >= 11 is 0. The third kappa shape index (κ3) is 3.64. The summed E-state index contributed by atoms with van der Waals surface area (Å²) in [5.74, 6) is 0.960. The molecule has 5 heteroatoms. The molecule has 2 rings (SSSR count). The topological polar surface area (TPSA) is 68.9 Å². The molecule has 0 amide bonds. The normalized spacial score (nSPS) is 10.4. The molecule has 1 aromatic carbocycles. The minimum absolute atomic E-state index is 0.0738. The van der Waals surface area contributed by atoms with Crippen LogP contribution in [-0.4, -0.2) is 25.3 Å². The van der Waals surface area contributed by atoms with Crippen LogP contribution >= 0.6 is 0 Å². The van der Waals surface area contributed by atoms with Gasteiger partial charge in [-0.15, -0.1) is 0 Å². The largest absolute Gasteiger partial charge is 0.497 e.